The van der Waals surface area contributed by atoms with Gasteiger partial charge in [-0.15, -0.1) is 0 Å². The molecule has 20 heavy (non-hydrogen) atoms. The van der Waals surface area contributed by atoms with Crippen molar-refractivity contribution in [3.8, 4) is 22.4 Å². The average molecular weight is 259 g/mol. The third kappa shape index (κ3) is 1.50. The SMILES string of the molecule is Cc1cc2c(c(-c3ccc[nH]3)c1C)Cc1ccccc1-2. The van der Waals surface area contributed by atoms with Gasteiger partial charge in [-0.3, -0.25) is 0 Å². The van der Waals surface area contributed by atoms with Crippen molar-refractivity contribution in [2.75, 3.05) is 0 Å². The zero-order valence-electron chi connectivity index (χ0n) is 11.8. The van der Waals surface area contributed by atoms with Crippen LogP contribution in [0.25, 0.3) is 22.4 Å². The van der Waals surface area contributed by atoms with Gasteiger partial charge in [0, 0.05) is 17.5 Å². The van der Waals surface area contributed by atoms with Crippen molar-refractivity contribution in [3.05, 3.63) is 70.9 Å². The lowest BCUT2D eigenvalue weighted by atomic mass is 9.91. The van der Waals surface area contributed by atoms with Gasteiger partial charge < -0.3 is 4.98 Å². The largest absolute Gasteiger partial charge is 0.361 e. The number of aryl methyl sites for hydroxylation is 1. The molecule has 1 N–H and O–H groups in total. The molecule has 0 unspecified atom stereocenters. The van der Waals surface area contributed by atoms with E-state index in [1.54, 1.807) is 0 Å². The van der Waals surface area contributed by atoms with E-state index in [9.17, 15) is 0 Å². The predicted molar refractivity (Wildman–Crippen MR) is 83.9 cm³/mol. The summed E-state index contributed by atoms with van der Waals surface area (Å²) in [6.07, 6.45) is 3.05. The summed E-state index contributed by atoms with van der Waals surface area (Å²) in [4.78, 5) is 3.38. The molecule has 4 rings (SSSR count). The molecule has 1 heterocycles. The summed E-state index contributed by atoms with van der Waals surface area (Å²) in [6.45, 7) is 4.44. The Bertz CT molecular complexity index is 795. The summed E-state index contributed by atoms with van der Waals surface area (Å²) in [5.74, 6) is 0. The van der Waals surface area contributed by atoms with Gasteiger partial charge in [0.1, 0.15) is 0 Å². The fourth-order valence-corrected chi connectivity index (χ4v) is 3.37. The topological polar surface area (TPSA) is 15.8 Å². The zero-order chi connectivity index (χ0) is 13.7. The van der Waals surface area contributed by atoms with Crippen LogP contribution in [0.1, 0.15) is 22.3 Å². The van der Waals surface area contributed by atoms with Crippen LogP contribution in [0, 0.1) is 13.8 Å². The summed E-state index contributed by atoms with van der Waals surface area (Å²) in [5.41, 5.74) is 11.1. The highest BCUT2D eigenvalue weighted by atomic mass is 14.7. The monoisotopic (exact) mass is 259 g/mol. The van der Waals surface area contributed by atoms with Crippen molar-refractivity contribution in [2.45, 2.75) is 20.3 Å². The quantitative estimate of drug-likeness (QED) is 0.502. The molecule has 0 saturated heterocycles. The van der Waals surface area contributed by atoms with E-state index >= 15 is 0 Å². The molecule has 2 aromatic carbocycles. The summed E-state index contributed by atoms with van der Waals surface area (Å²) >= 11 is 0. The molecule has 3 aromatic rings. The maximum absolute atomic E-state index is 3.38. The fourth-order valence-electron chi connectivity index (χ4n) is 3.37. The first-order valence-corrected chi connectivity index (χ1v) is 7.11. The summed E-state index contributed by atoms with van der Waals surface area (Å²) in [6, 6.07) is 15.4. The van der Waals surface area contributed by atoms with Crippen molar-refractivity contribution in [1.29, 1.82) is 0 Å². The van der Waals surface area contributed by atoms with Crippen LogP contribution < -0.4 is 0 Å². The Morgan fingerprint density at radius 2 is 1.80 bits per heavy atom. The van der Waals surface area contributed by atoms with E-state index in [1.165, 1.54) is 44.6 Å². The second-order valence-corrected chi connectivity index (χ2v) is 5.64. The normalized spacial score (nSPS) is 12.3. The number of benzene rings is 2. The van der Waals surface area contributed by atoms with Gasteiger partial charge in [0.15, 0.2) is 0 Å². The first kappa shape index (κ1) is 11.5. The lowest BCUT2D eigenvalue weighted by molar-refractivity contribution is 1.22. The first-order chi connectivity index (χ1) is 9.75. The molecule has 0 aliphatic heterocycles. The minimum atomic E-state index is 1.04. The predicted octanol–water partition coefficient (Wildman–Crippen LogP) is 4.87. The van der Waals surface area contributed by atoms with E-state index in [2.05, 4.69) is 61.3 Å². The highest BCUT2D eigenvalue weighted by Crippen LogP contribution is 2.43. The maximum Gasteiger partial charge on any atom is 0.0459 e. The van der Waals surface area contributed by atoms with E-state index in [-0.39, 0.29) is 0 Å². The Balaban J connectivity index is 2.06. The van der Waals surface area contributed by atoms with Crippen LogP contribution >= 0.6 is 0 Å². The molecular weight excluding hydrogens is 242 g/mol. The van der Waals surface area contributed by atoms with Crippen molar-refractivity contribution in [1.82, 2.24) is 4.98 Å². The van der Waals surface area contributed by atoms with E-state index < -0.39 is 0 Å². The number of aromatic nitrogens is 1. The molecule has 0 radical (unpaired) electrons. The standard InChI is InChI=1S/C19H17N/c1-12-10-16-15-7-4-3-6-14(15)11-17(16)19(13(12)2)18-8-5-9-20-18/h3-10,20H,11H2,1-2H3. The number of fused-ring (bicyclic) bond motifs is 3. The van der Waals surface area contributed by atoms with Gasteiger partial charge in [-0.2, -0.15) is 0 Å². The third-order valence-corrected chi connectivity index (χ3v) is 4.50. The minimum absolute atomic E-state index is 1.04. The molecule has 0 saturated carbocycles. The van der Waals surface area contributed by atoms with E-state index in [1.807, 2.05) is 6.20 Å². The molecule has 1 aliphatic rings. The second-order valence-electron chi connectivity index (χ2n) is 5.64. The van der Waals surface area contributed by atoms with Crippen LogP contribution in [0.5, 0.6) is 0 Å². The van der Waals surface area contributed by atoms with Crippen LogP contribution in [0.2, 0.25) is 0 Å². The molecule has 1 nitrogen and oxygen atoms in total. The molecule has 0 spiro atoms. The first-order valence-electron chi connectivity index (χ1n) is 7.11. The molecule has 0 fully saturated rings. The van der Waals surface area contributed by atoms with Gasteiger partial charge in [-0.1, -0.05) is 30.3 Å². The van der Waals surface area contributed by atoms with Gasteiger partial charge in [-0.05, 0) is 65.8 Å². The molecular formula is C19H17N. The Kier molecular flexibility index (Phi) is 2.37. The fraction of sp³-hybridized carbons (Fsp3) is 0.158. The van der Waals surface area contributed by atoms with Crippen molar-refractivity contribution in [3.63, 3.8) is 0 Å². The van der Waals surface area contributed by atoms with Crippen molar-refractivity contribution >= 4 is 0 Å². The lowest BCUT2D eigenvalue weighted by Crippen LogP contribution is -1.95. The number of aromatic amines is 1. The zero-order valence-corrected chi connectivity index (χ0v) is 11.8. The van der Waals surface area contributed by atoms with Gasteiger partial charge in [-0.25, -0.2) is 0 Å². The molecule has 0 amide bonds. The van der Waals surface area contributed by atoms with E-state index in [4.69, 9.17) is 0 Å². The molecule has 1 aliphatic carbocycles. The van der Waals surface area contributed by atoms with E-state index in [0.717, 1.165) is 6.42 Å². The third-order valence-electron chi connectivity index (χ3n) is 4.50. The Morgan fingerprint density at radius 1 is 0.950 bits per heavy atom. The molecule has 0 atom stereocenters. The number of rotatable bonds is 1. The van der Waals surface area contributed by atoms with Crippen LogP contribution in [0.4, 0.5) is 0 Å². The maximum atomic E-state index is 3.38. The summed E-state index contributed by atoms with van der Waals surface area (Å²) < 4.78 is 0. The van der Waals surface area contributed by atoms with Gasteiger partial charge >= 0.3 is 0 Å². The minimum Gasteiger partial charge on any atom is -0.361 e. The highest BCUT2D eigenvalue weighted by Gasteiger charge is 2.23. The lowest BCUT2D eigenvalue weighted by Gasteiger charge is -2.14. The van der Waals surface area contributed by atoms with Crippen molar-refractivity contribution in [2.24, 2.45) is 0 Å². The van der Waals surface area contributed by atoms with Crippen LogP contribution in [-0.2, 0) is 6.42 Å². The second kappa shape index (κ2) is 4.11. The van der Waals surface area contributed by atoms with Crippen LogP contribution in [0.3, 0.4) is 0 Å². The summed E-state index contributed by atoms with van der Waals surface area (Å²) in [5, 5.41) is 0. The van der Waals surface area contributed by atoms with Gasteiger partial charge in [0.2, 0.25) is 0 Å². The smallest absolute Gasteiger partial charge is 0.0459 e. The Labute approximate surface area is 119 Å². The van der Waals surface area contributed by atoms with Crippen LogP contribution in [0.15, 0.2) is 48.7 Å². The average Bonchev–Trinajstić information content (AvgIpc) is 3.08. The number of hydrogen-bond acceptors (Lipinski definition) is 0. The molecule has 0 bridgehead atoms. The summed E-state index contributed by atoms with van der Waals surface area (Å²) in [7, 11) is 0. The number of H-pyrrole nitrogens is 1. The Morgan fingerprint density at radius 3 is 2.60 bits per heavy atom. The number of nitrogens with one attached hydrogen (secondary N) is 1. The Hall–Kier alpha value is -2.28. The van der Waals surface area contributed by atoms with E-state index in [0.29, 0.717) is 0 Å². The number of hydrogen-bond donors (Lipinski definition) is 1. The van der Waals surface area contributed by atoms with Crippen molar-refractivity contribution < 1.29 is 0 Å². The molecule has 1 aromatic heterocycles. The highest BCUT2D eigenvalue weighted by molar-refractivity contribution is 5.86. The molecule has 98 valence electrons. The van der Waals surface area contributed by atoms with Crippen LogP contribution in [-0.4, -0.2) is 4.98 Å². The van der Waals surface area contributed by atoms with Gasteiger partial charge in [0.05, 0.1) is 0 Å². The van der Waals surface area contributed by atoms with Gasteiger partial charge in [0.25, 0.3) is 0 Å². The molecule has 1 heteroatoms.